The first-order valence-corrected chi connectivity index (χ1v) is 17.6. The van der Waals surface area contributed by atoms with E-state index in [2.05, 4.69) is 144 Å². The Balaban J connectivity index is 1.06. The van der Waals surface area contributed by atoms with Crippen LogP contribution in [0.2, 0.25) is 0 Å². The second kappa shape index (κ2) is 11.7. The van der Waals surface area contributed by atoms with Gasteiger partial charge < -0.3 is 0 Å². The Morgan fingerprint density at radius 1 is 0.462 bits per heavy atom. The summed E-state index contributed by atoms with van der Waals surface area (Å²) in [6.45, 7) is 4.66. The van der Waals surface area contributed by atoms with Crippen LogP contribution in [0, 0.1) is 0 Å². The number of hydrogen-bond acceptors (Lipinski definition) is 4. The van der Waals surface area contributed by atoms with Gasteiger partial charge in [-0.25, -0.2) is 9.97 Å². The molecule has 0 bridgehead atoms. The minimum Gasteiger partial charge on any atom is -0.294 e. The Morgan fingerprint density at radius 3 is 2.00 bits per heavy atom. The van der Waals surface area contributed by atoms with Crippen molar-refractivity contribution in [2.24, 2.45) is 0 Å². The number of fused-ring (bicyclic) bond motifs is 6. The maximum atomic E-state index is 5.16. The summed E-state index contributed by atoms with van der Waals surface area (Å²) < 4.78 is 2.20. The van der Waals surface area contributed by atoms with Gasteiger partial charge in [0.25, 0.3) is 0 Å². The molecule has 0 spiro atoms. The van der Waals surface area contributed by atoms with E-state index in [1.807, 2.05) is 49.2 Å². The molecule has 5 heterocycles. The molecule has 0 atom stereocenters. The van der Waals surface area contributed by atoms with Gasteiger partial charge in [0.05, 0.1) is 22.4 Å². The maximum absolute atomic E-state index is 5.16. The molecule has 0 N–H and O–H groups in total. The van der Waals surface area contributed by atoms with E-state index in [-0.39, 0.29) is 5.41 Å². The molecule has 1 aliphatic rings. The lowest BCUT2D eigenvalue weighted by atomic mass is 9.81. The molecule has 1 aliphatic carbocycles. The summed E-state index contributed by atoms with van der Waals surface area (Å²) in [6, 6.07) is 47.6. The molecule has 5 aromatic heterocycles. The molecule has 0 amide bonds. The van der Waals surface area contributed by atoms with Crippen molar-refractivity contribution in [2.45, 2.75) is 19.3 Å². The van der Waals surface area contributed by atoms with Crippen molar-refractivity contribution >= 4 is 21.8 Å². The third-order valence-corrected chi connectivity index (χ3v) is 10.7. The van der Waals surface area contributed by atoms with Crippen LogP contribution < -0.4 is 0 Å². The fraction of sp³-hybridized carbons (Fsp3) is 0.0638. The van der Waals surface area contributed by atoms with E-state index in [1.54, 1.807) is 0 Å². The van der Waals surface area contributed by atoms with E-state index in [9.17, 15) is 0 Å². The van der Waals surface area contributed by atoms with Gasteiger partial charge in [-0.15, -0.1) is 0 Å². The van der Waals surface area contributed by atoms with Crippen LogP contribution in [0.5, 0.6) is 0 Å². The van der Waals surface area contributed by atoms with Crippen LogP contribution in [0.15, 0.2) is 164 Å². The summed E-state index contributed by atoms with van der Waals surface area (Å²) in [5, 5.41) is 2.26. The first-order valence-electron chi connectivity index (χ1n) is 17.6. The van der Waals surface area contributed by atoms with E-state index in [0.29, 0.717) is 0 Å². The van der Waals surface area contributed by atoms with Gasteiger partial charge in [-0.05, 0) is 105 Å². The fourth-order valence-electron chi connectivity index (χ4n) is 8.01. The average molecular weight is 668 g/mol. The van der Waals surface area contributed by atoms with Crippen LogP contribution in [0.1, 0.15) is 25.0 Å². The molecule has 0 fully saturated rings. The first kappa shape index (κ1) is 30.1. The summed E-state index contributed by atoms with van der Waals surface area (Å²) in [4.78, 5) is 18.8. The van der Waals surface area contributed by atoms with Crippen molar-refractivity contribution in [3.05, 3.63) is 176 Å². The molecule has 0 saturated carbocycles. The molecule has 246 valence electrons. The Morgan fingerprint density at radius 2 is 1.15 bits per heavy atom. The second-order valence-corrected chi connectivity index (χ2v) is 14.0. The van der Waals surface area contributed by atoms with E-state index in [4.69, 9.17) is 9.97 Å². The summed E-state index contributed by atoms with van der Waals surface area (Å²) in [5.74, 6) is 0.847. The molecule has 0 saturated heterocycles. The zero-order valence-corrected chi connectivity index (χ0v) is 28.8. The fourth-order valence-corrected chi connectivity index (χ4v) is 8.01. The van der Waals surface area contributed by atoms with Gasteiger partial charge in [0.15, 0.2) is 0 Å². The predicted molar refractivity (Wildman–Crippen MR) is 211 cm³/mol. The largest absolute Gasteiger partial charge is 0.294 e. The zero-order chi connectivity index (χ0) is 34.8. The molecule has 0 unspecified atom stereocenters. The maximum Gasteiger partial charge on any atom is 0.137 e. The first-order chi connectivity index (χ1) is 25.5. The zero-order valence-electron chi connectivity index (χ0n) is 28.8. The minimum absolute atomic E-state index is 0.0542. The molecule has 0 radical (unpaired) electrons. The standard InChI is InChI=1S/C47H33N5/c1-47(2)40-12-5-3-10-36(40)37-16-14-33(25-41(37)47)31-8-7-9-32(24-31)35-26-42(30-18-21-48-22-19-30)51-43(27-35)34-15-17-46(50-28-34)52-44-13-6-4-11-38(44)39-29-49-23-20-45(39)52/h3-29H,1-2H3. The van der Waals surface area contributed by atoms with Crippen molar-refractivity contribution in [3.8, 4) is 61.7 Å². The van der Waals surface area contributed by atoms with Gasteiger partial charge in [-0.1, -0.05) is 86.6 Å². The molecule has 0 aliphatic heterocycles. The molecular formula is C47H33N5. The van der Waals surface area contributed by atoms with Crippen molar-refractivity contribution in [3.63, 3.8) is 0 Å². The lowest BCUT2D eigenvalue weighted by Gasteiger charge is -2.22. The van der Waals surface area contributed by atoms with E-state index < -0.39 is 0 Å². The Labute approximate surface area is 302 Å². The van der Waals surface area contributed by atoms with Gasteiger partial charge in [0.1, 0.15) is 5.82 Å². The van der Waals surface area contributed by atoms with E-state index in [1.165, 1.54) is 33.4 Å². The van der Waals surface area contributed by atoms with Crippen molar-refractivity contribution in [1.82, 2.24) is 24.5 Å². The number of nitrogens with zero attached hydrogens (tertiary/aromatic N) is 5. The molecule has 9 aromatic rings. The normalized spacial score (nSPS) is 13.0. The second-order valence-electron chi connectivity index (χ2n) is 14.0. The number of benzene rings is 4. The van der Waals surface area contributed by atoms with Crippen LogP contribution >= 0.6 is 0 Å². The van der Waals surface area contributed by atoms with Crippen LogP contribution in [0.4, 0.5) is 0 Å². The quantitative estimate of drug-likeness (QED) is 0.183. The molecular weight excluding hydrogens is 635 g/mol. The third-order valence-electron chi connectivity index (χ3n) is 10.7. The predicted octanol–water partition coefficient (Wildman–Crippen LogP) is 11.3. The minimum atomic E-state index is -0.0542. The van der Waals surface area contributed by atoms with Gasteiger partial charge >= 0.3 is 0 Å². The number of rotatable bonds is 5. The van der Waals surface area contributed by atoms with Gasteiger partial charge in [-0.2, -0.15) is 0 Å². The van der Waals surface area contributed by atoms with Crippen molar-refractivity contribution < 1.29 is 0 Å². The molecule has 52 heavy (non-hydrogen) atoms. The van der Waals surface area contributed by atoms with E-state index >= 15 is 0 Å². The summed E-state index contributed by atoms with van der Waals surface area (Å²) in [5.41, 5.74) is 15.9. The third kappa shape index (κ3) is 4.78. The number of aromatic nitrogens is 5. The van der Waals surface area contributed by atoms with Crippen LogP contribution in [-0.2, 0) is 5.41 Å². The highest BCUT2D eigenvalue weighted by atomic mass is 15.1. The van der Waals surface area contributed by atoms with Crippen LogP contribution in [-0.4, -0.2) is 24.5 Å². The molecule has 10 rings (SSSR count). The lowest BCUT2D eigenvalue weighted by molar-refractivity contribution is 0.660. The Hall–Kier alpha value is -6.72. The Kier molecular flexibility index (Phi) is 6.77. The van der Waals surface area contributed by atoms with Crippen LogP contribution in [0.3, 0.4) is 0 Å². The average Bonchev–Trinajstić information content (AvgIpc) is 3.66. The Bertz CT molecular complexity index is 2760. The van der Waals surface area contributed by atoms with Crippen molar-refractivity contribution in [2.75, 3.05) is 0 Å². The SMILES string of the molecule is CC1(C)c2ccccc2-c2ccc(-c3cccc(-c4cc(-c5ccncc5)nc(-c5ccc(-n6c7ccccc7c7cnccc76)nc5)c4)c3)cc21. The highest BCUT2D eigenvalue weighted by Gasteiger charge is 2.35. The molecule has 4 aromatic carbocycles. The highest BCUT2D eigenvalue weighted by molar-refractivity contribution is 6.08. The lowest BCUT2D eigenvalue weighted by Crippen LogP contribution is -2.14. The van der Waals surface area contributed by atoms with Gasteiger partial charge in [0, 0.05) is 58.3 Å². The molecule has 5 nitrogen and oxygen atoms in total. The van der Waals surface area contributed by atoms with Crippen LogP contribution in [0.25, 0.3) is 83.5 Å². The molecule has 5 heteroatoms. The number of para-hydroxylation sites is 1. The smallest absolute Gasteiger partial charge is 0.137 e. The van der Waals surface area contributed by atoms with Gasteiger partial charge in [-0.3, -0.25) is 14.5 Å². The monoisotopic (exact) mass is 667 g/mol. The van der Waals surface area contributed by atoms with Crippen molar-refractivity contribution in [1.29, 1.82) is 0 Å². The van der Waals surface area contributed by atoms with E-state index in [0.717, 1.165) is 61.3 Å². The number of hydrogen-bond donors (Lipinski definition) is 0. The van der Waals surface area contributed by atoms with Gasteiger partial charge in [0.2, 0.25) is 0 Å². The number of pyridine rings is 4. The summed E-state index contributed by atoms with van der Waals surface area (Å²) in [7, 11) is 0. The summed E-state index contributed by atoms with van der Waals surface area (Å²) in [6.07, 6.45) is 9.32. The topological polar surface area (TPSA) is 56.5 Å². The summed E-state index contributed by atoms with van der Waals surface area (Å²) >= 11 is 0. The highest BCUT2D eigenvalue weighted by Crippen LogP contribution is 2.49.